The van der Waals surface area contributed by atoms with E-state index in [1.807, 2.05) is 54.3 Å². The number of methoxy groups -OCH3 is 1. The van der Waals surface area contributed by atoms with E-state index in [2.05, 4.69) is 4.90 Å². The Morgan fingerprint density at radius 1 is 1.06 bits per heavy atom. The summed E-state index contributed by atoms with van der Waals surface area (Å²) in [6.45, 7) is 5.10. The lowest BCUT2D eigenvalue weighted by Gasteiger charge is -2.36. The molecule has 7 nitrogen and oxygen atoms in total. The molecule has 1 amide bonds. The van der Waals surface area contributed by atoms with Gasteiger partial charge in [-0.25, -0.2) is 8.42 Å². The predicted octanol–water partition coefficient (Wildman–Crippen LogP) is 2.90. The van der Waals surface area contributed by atoms with Crippen molar-refractivity contribution in [2.75, 3.05) is 55.3 Å². The smallest absolute Gasteiger partial charge is 0.232 e. The van der Waals surface area contributed by atoms with E-state index in [4.69, 9.17) is 4.74 Å². The molecule has 8 heteroatoms. The topological polar surface area (TPSA) is 70.2 Å². The van der Waals surface area contributed by atoms with Gasteiger partial charge in [-0.15, -0.1) is 0 Å². The highest BCUT2D eigenvalue weighted by Crippen LogP contribution is 2.22. The zero-order valence-electron chi connectivity index (χ0n) is 18.5. The molecule has 0 atom stereocenters. The lowest BCUT2D eigenvalue weighted by Crippen LogP contribution is -2.48. The lowest BCUT2D eigenvalue weighted by atomic mass is 10.2. The van der Waals surface area contributed by atoms with Crippen LogP contribution in [-0.2, 0) is 14.8 Å². The third-order valence-electron chi connectivity index (χ3n) is 5.51. The van der Waals surface area contributed by atoms with Crippen molar-refractivity contribution in [2.45, 2.75) is 19.8 Å². The van der Waals surface area contributed by atoms with Gasteiger partial charge >= 0.3 is 0 Å². The van der Waals surface area contributed by atoms with Crippen molar-refractivity contribution in [2.24, 2.45) is 0 Å². The minimum absolute atomic E-state index is 0.0760. The number of hydrogen-bond acceptors (Lipinski definition) is 5. The number of piperazine rings is 1. The zero-order chi connectivity index (χ0) is 22.4. The minimum Gasteiger partial charge on any atom is -0.497 e. The Balaban J connectivity index is 1.50. The van der Waals surface area contributed by atoms with Gasteiger partial charge in [0.05, 0.1) is 19.1 Å². The lowest BCUT2D eigenvalue weighted by molar-refractivity contribution is -0.131. The molecule has 1 saturated heterocycles. The maximum absolute atomic E-state index is 12.7. The second kappa shape index (κ2) is 10.0. The molecule has 0 aliphatic carbocycles. The highest BCUT2D eigenvalue weighted by Gasteiger charge is 2.22. The number of anilines is 2. The second-order valence-corrected chi connectivity index (χ2v) is 9.75. The second-order valence-electron chi connectivity index (χ2n) is 7.84. The van der Waals surface area contributed by atoms with Crippen molar-refractivity contribution in [1.29, 1.82) is 0 Å². The van der Waals surface area contributed by atoms with E-state index in [0.29, 0.717) is 38.2 Å². The number of ether oxygens (including phenoxy) is 1. The van der Waals surface area contributed by atoms with E-state index >= 15 is 0 Å². The van der Waals surface area contributed by atoms with Gasteiger partial charge in [-0.2, -0.15) is 0 Å². The first-order chi connectivity index (χ1) is 14.8. The fraction of sp³-hybridized carbons (Fsp3) is 0.435. The summed E-state index contributed by atoms with van der Waals surface area (Å²) in [6, 6.07) is 15.3. The van der Waals surface area contributed by atoms with Gasteiger partial charge in [-0.05, 0) is 55.3 Å². The first-order valence-corrected chi connectivity index (χ1v) is 12.3. The van der Waals surface area contributed by atoms with Crippen molar-refractivity contribution in [3.05, 3.63) is 54.1 Å². The Morgan fingerprint density at radius 3 is 2.32 bits per heavy atom. The molecular weight excluding hydrogens is 414 g/mol. The number of carbonyl (C=O) groups excluding carboxylic acids is 1. The number of benzene rings is 2. The van der Waals surface area contributed by atoms with Crippen molar-refractivity contribution in [3.63, 3.8) is 0 Å². The van der Waals surface area contributed by atoms with Crippen molar-refractivity contribution in [3.8, 4) is 5.75 Å². The summed E-state index contributed by atoms with van der Waals surface area (Å²) in [5.74, 6) is 0.901. The summed E-state index contributed by atoms with van der Waals surface area (Å²) in [7, 11) is -1.76. The largest absolute Gasteiger partial charge is 0.497 e. The summed E-state index contributed by atoms with van der Waals surface area (Å²) >= 11 is 0. The van der Waals surface area contributed by atoms with Gasteiger partial charge in [-0.3, -0.25) is 9.10 Å². The van der Waals surface area contributed by atoms with Gasteiger partial charge < -0.3 is 14.5 Å². The van der Waals surface area contributed by atoms with E-state index in [1.54, 1.807) is 13.2 Å². The van der Waals surface area contributed by atoms with Crippen LogP contribution in [0.15, 0.2) is 48.5 Å². The van der Waals surface area contributed by atoms with Crippen molar-refractivity contribution in [1.82, 2.24) is 4.90 Å². The Hall–Kier alpha value is -2.74. The summed E-state index contributed by atoms with van der Waals surface area (Å²) < 4.78 is 31.1. The summed E-state index contributed by atoms with van der Waals surface area (Å²) in [4.78, 5) is 16.8. The van der Waals surface area contributed by atoms with Crippen LogP contribution < -0.4 is 13.9 Å². The summed E-state index contributed by atoms with van der Waals surface area (Å²) in [5.41, 5.74) is 2.76. The van der Waals surface area contributed by atoms with Crippen LogP contribution in [0.4, 0.5) is 11.4 Å². The highest BCUT2D eigenvalue weighted by atomic mass is 32.2. The molecular formula is C23H31N3O4S. The fourth-order valence-corrected chi connectivity index (χ4v) is 4.77. The molecule has 0 saturated carbocycles. The number of amides is 1. The maximum atomic E-state index is 12.7. The molecule has 0 N–H and O–H groups in total. The first-order valence-electron chi connectivity index (χ1n) is 10.5. The van der Waals surface area contributed by atoms with Gasteiger partial charge in [0, 0.05) is 44.8 Å². The van der Waals surface area contributed by atoms with Gasteiger partial charge in [0.1, 0.15) is 5.75 Å². The summed E-state index contributed by atoms with van der Waals surface area (Å²) in [5, 5.41) is 0. The molecule has 0 unspecified atom stereocenters. The molecule has 31 heavy (non-hydrogen) atoms. The van der Waals surface area contributed by atoms with Crippen molar-refractivity contribution >= 4 is 27.3 Å². The van der Waals surface area contributed by atoms with Crippen LogP contribution in [0.1, 0.15) is 18.4 Å². The standard InChI is InChI=1S/C23H31N3O4S/c1-19-6-4-7-21(18-19)26(31(3,28)29)13-5-8-23(27)25-16-14-24(15-17-25)20-9-11-22(30-2)12-10-20/h4,6-7,9-12,18H,5,8,13-17H2,1-3H3. The summed E-state index contributed by atoms with van der Waals surface area (Å²) in [6.07, 6.45) is 2.02. The third kappa shape index (κ3) is 6.13. The van der Waals surface area contributed by atoms with E-state index in [1.165, 1.54) is 10.6 Å². The molecule has 1 heterocycles. The zero-order valence-corrected chi connectivity index (χ0v) is 19.3. The first kappa shape index (κ1) is 22.9. The quantitative estimate of drug-likeness (QED) is 0.625. The molecule has 0 aromatic heterocycles. The van der Waals surface area contributed by atoms with E-state index in [9.17, 15) is 13.2 Å². The Morgan fingerprint density at radius 2 is 1.74 bits per heavy atom. The Kier molecular flexibility index (Phi) is 7.43. The number of rotatable bonds is 8. The van der Waals surface area contributed by atoms with E-state index in [0.717, 1.165) is 30.1 Å². The molecule has 2 aromatic rings. The van der Waals surface area contributed by atoms with Crippen LogP contribution in [0.5, 0.6) is 5.75 Å². The average molecular weight is 446 g/mol. The van der Waals surface area contributed by atoms with Crippen LogP contribution in [0.25, 0.3) is 0 Å². The number of aryl methyl sites for hydroxylation is 1. The van der Waals surface area contributed by atoms with Crippen LogP contribution in [0.3, 0.4) is 0 Å². The monoisotopic (exact) mass is 445 g/mol. The van der Waals surface area contributed by atoms with Gasteiger partial charge in [-0.1, -0.05) is 12.1 Å². The normalized spacial score (nSPS) is 14.4. The number of nitrogens with zero attached hydrogens (tertiary/aromatic N) is 3. The molecule has 0 radical (unpaired) electrons. The van der Waals surface area contributed by atoms with Gasteiger partial charge in [0.15, 0.2) is 0 Å². The van der Waals surface area contributed by atoms with Gasteiger partial charge in [0.25, 0.3) is 0 Å². The predicted molar refractivity (Wildman–Crippen MR) is 124 cm³/mol. The molecule has 168 valence electrons. The molecule has 0 spiro atoms. The fourth-order valence-electron chi connectivity index (χ4n) is 3.81. The van der Waals surface area contributed by atoms with Gasteiger partial charge in [0.2, 0.25) is 15.9 Å². The van der Waals surface area contributed by atoms with Crippen LogP contribution in [0.2, 0.25) is 0 Å². The number of carbonyl (C=O) groups is 1. The van der Waals surface area contributed by atoms with Crippen LogP contribution in [-0.4, -0.2) is 65.3 Å². The molecule has 3 rings (SSSR count). The van der Waals surface area contributed by atoms with Crippen LogP contribution >= 0.6 is 0 Å². The number of hydrogen-bond donors (Lipinski definition) is 0. The van der Waals surface area contributed by atoms with E-state index < -0.39 is 10.0 Å². The number of sulfonamides is 1. The van der Waals surface area contributed by atoms with E-state index in [-0.39, 0.29) is 5.91 Å². The minimum atomic E-state index is -3.41. The highest BCUT2D eigenvalue weighted by molar-refractivity contribution is 7.92. The molecule has 0 bridgehead atoms. The average Bonchev–Trinajstić information content (AvgIpc) is 2.76. The third-order valence-corrected chi connectivity index (χ3v) is 6.71. The molecule has 1 aliphatic heterocycles. The molecule has 1 fully saturated rings. The Labute approximate surface area is 185 Å². The van der Waals surface area contributed by atoms with Crippen molar-refractivity contribution < 1.29 is 17.9 Å². The Bertz CT molecular complexity index is 984. The molecule has 2 aromatic carbocycles. The van der Waals surface area contributed by atoms with Crippen LogP contribution in [0, 0.1) is 6.92 Å². The maximum Gasteiger partial charge on any atom is 0.232 e. The SMILES string of the molecule is COc1ccc(N2CCN(C(=O)CCCN(c3cccc(C)c3)S(C)(=O)=O)CC2)cc1. The molecule has 1 aliphatic rings.